The van der Waals surface area contributed by atoms with E-state index in [2.05, 4.69) is 24.0 Å². The summed E-state index contributed by atoms with van der Waals surface area (Å²) in [5.74, 6) is 0.732. The zero-order chi connectivity index (χ0) is 19.4. The molecule has 4 heteroatoms. The summed E-state index contributed by atoms with van der Waals surface area (Å²) in [6, 6.07) is 15.3. The van der Waals surface area contributed by atoms with Crippen molar-refractivity contribution in [3.63, 3.8) is 0 Å². The van der Waals surface area contributed by atoms with Crippen LogP contribution in [0.25, 0.3) is 0 Å². The Bertz CT molecular complexity index is 753. The second kappa shape index (κ2) is 8.62. The fraction of sp³-hybridized carbons (Fsp3) is 0.500. The van der Waals surface area contributed by atoms with E-state index in [9.17, 15) is 4.39 Å². The van der Waals surface area contributed by atoms with Crippen LogP contribution in [0.1, 0.15) is 43.2 Å². The van der Waals surface area contributed by atoms with Gasteiger partial charge in [0, 0.05) is 18.5 Å². The summed E-state index contributed by atoms with van der Waals surface area (Å²) in [4.78, 5) is 2.40. The molecule has 1 saturated heterocycles. The second-order valence-corrected chi connectivity index (χ2v) is 8.40. The molecule has 1 aliphatic carbocycles. The minimum atomic E-state index is -0.160. The van der Waals surface area contributed by atoms with Crippen LogP contribution in [0.15, 0.2) is 48.5 Å². The maximum atomic E-state index is 13.4. The fourth-order valence-electron chi connectivity index (χ4n) is 4.64. The average molecular weight is 384 g/mol. The minimum Gasteiger partial charge on any atom is -0.491 e. The van der Waals surface area contributed by atoms with E-state index in [-0.39, 0.29) is 17.3 Å². The number of rotatable bonds is 6. The van der Waals surface area contributed by atoms with Gasteiger partial charge >= 0.3 is 0 Å². The molecule has 2 aromatic carbocycles. The Balaban J connectivity index is 1.37. The molecule has 2 aliphatic rings. The average Bonchev–Trinajstić information content (AvgIpc) is 3.16. The first-order chi connectivity index (χ1) is 13.6. The Morgan fingerprint density at radius 1 is 1.04 bits per heavy atom. The van der Waals surface area contributed by atoms with Crippen molar-refractivity contribution in [2.45, 2.75) is 50.5 Å². The molecule has 0 spiro atoms. The van der Waals surface area contributed by atoms with Crippen LogP contribution in [0, 0.1) is 12.7 Å². The van der Waals surface area contributed by atoms with Crippen molar-refractivity contribution in [3.05, 3.63) is 65.5 Å². The van der Waals surface area contributed by atoms with E-state index >= 15 is 0 Å². The molecule has 0 bridgehead atoms. The Morgan fingerprint density at radius 3 is 2.46 bits per heavy atom. The number of aryl methyl sites for hydroxylation is 1. The van der Waals surface area contributed by atoms with Crippen molar-refractivity contribution in [1.82, 2.24) is 4.90 Å². The van der Waals surface area contributed by atoms with Gasteiger partial charge in [0.1, 0.15) is 24.3 Å². The zero-order valence-corrected chi connectivity index (χ0v) is 16.7. The highest BCUT2D eigenvalue weighted by Gasteiger charge is 2.37. The van der Waals surface area contributed by atoms with Crippen LogP contribution < -0.4 is 4.74 Å². The van der Waals surface area contributed by atoms with Gasteiger partial charge in [-0.1, -0.05) is 49.1 Å². The molecule has 1 saturated carbocycles. The van der Waals surface area contributed by atoms with Gasteiger partial charge in [-0.05, 0) is 49.6 Å². The summed E-state index contributed by atoms with van der Waals surface area (Å²) in [5, 5.41) is 0. The number of ether oxygens (including phenoxy) is 2. The maximum Gasteiger partial charge on any atom is 0.123 e. The normalized spacial score (nSPS) is 22.3. The number of hydrogen-bond acceptors (Lipinski definition) is 3. The van der Waals surface area contributed by atoms with Gasteiger partial charge in [-0.3, -0.25) is 4.90 Å². The molecule has 0 N–H and O–H groups in total. The topological polar surface area (TPSA) is 21.7 Å². The monoisotopic (exact) mass is 383 g/mol. The molecule has 0 radical (unpaired) electrons. The molecule has 1 unspecified atom stereocenters. The van der Waals surface area contributed by atoms with Crippen molar-refractivity contribution >= 4 is 0 Å². The molecule has 2 fully saturated rings. The first-order valence-corrected chi connectivity index (χ1v) is 10.4. The summed E-state index contributed by atoms with van der Waals surface area (Å²) < 4.78 is 25.3. The van der Waals surface area contributed by atoms with Gasteiger partial charge in [0.25, 0.3) is 0 Å². The molecule has 150 valence electrons. The SMILES string of the molecule is Cc1ccc(OCC2CN(CC3(c4ccc(F)cc4)CCCCC3)CO2)cc1. The third kappa shape index (κ3) is 4.56. The Kier molecular flexibility index (Phi) is 5.98. The smallest absolute Gasteiger partial charge is 0.123 e. The van der Waals surface area contributed by atoms with Crippen LogP contribution in [-0.2, 0) is 10.2 Å². The van der Waals surface area contributed by atoms with Crippen LogP contribution in [0.3, 0.4) is 0 Å². The molecule has 3 nitrogen and oxygen atoms in total. The molecule has 2 aromatic rings. The largest absolute Gasteiger partial charge is 0.491 e. The summed E-state index contributed by atoms with van der Waals surface area (Å²) in [6.07, 6.45) is 6.21. The highest BCUT2D eigenvalue weighted by atomic mass is 19.1. The van der Waals surface area contributed by atoms with Crippen molar-refractivity contribution in [2.75, 3.05) is 26.4 Å². The van der Waals surface area contributed by atoms with Gasteiger partial charge in [0.05, 0.1) is 6.73 Å². The lowest BCUT2D eigenvalue weighted by atomic mass is 9.69. The van der Waals surface area contributed by atoms with Crippen LogP contribution in [0.4, 0.5) is 4.39 Å². The molecular formula is C24H30FNO2. The number of nitrogens with zero attached hydrogens (tertiary/aromatic N) is 1. The summed E-state index contributed by atoms with van der Waals surface area (Å²) >= 11 is 0. The van der Waals surface area contributed by atoms with Crippen molar-refractivity contribution in [1.29, 1.82) is 0 Å². The number of hydrogen-bond donors (Lipinski definition) is 0. The van der Waals surface area contributed by atoms with Crippen LogP contribution >= 0.6 is 0 Å². The van der Waals surface area contributed by atoms with Gasteiger partial charge in [0.15, 0.2) is 0 Å². The Morgan fingerprint density at radius 2 is 1.75 bits per heavy atom. The standard InChI is InChI=1S/C24H30FNO2/c1-19-5-11-22(12-6-19)27-16-23-15-26(18-28-23)17-24(13-3-2-4-14-24)20-7-9-21(25)10-8-20/h5-12,23H,2-4,13-18H2,1H3. The third-order valence-electron chi connectivity index (χ3n) is 6.21. The molecule has 0 aromatic heterocycles. The molecule has 1 aliphatic heterocycles. The van der Waals surface area contributed by atoms with E-state index in [1.807, 2.05) is 24.3 Å². The summed E-state index contributed by atoms with van der Waals surface area (Å²) in [7, 11) is 0. The van der Waals surface area contributed by atoms with Crippen molar-refractivity contribution in [3.8, 4) is 5.75 Å². The van der Waals surface area contributed by atoms with Crippen LogP contribution in [0.5, 0.6) is 5.75 Å². The van der Waals surface area contributed by atoms with Gasteiger partial charge in [-0.15, -0.1) is 0 Å². The lowest BCUT2D eigenvalue weighted by Gasteiger charge is -2.40. The molecule has 4 rings (SSSR count). The highest BCUT2D eigenvalue weighted by molar-refractivity contribution is 5.28. The summed E-state index contributed by atoms with van der Waals surface area (Å²) in [6.45, 7) is 5.15. The quantitative estimate of drug-likeness (QED) is 0.695. The molecule has 1 heterocycles. The third-order valence-corrected chi connectivity index (χ3v) is 6.21. The van der Waals surface area contributed by atoms with Gasteiger partial charge in [0.2, 0.25) is 0 Å². The van der Waals surface area contributed by atoms with Crippen LogP contribution in [0.2, 0.25) is 0 Å². The van der Waals surface area contributed by atoms with Crippen molar-refractivity contribution in [2.24, 2.45) is 0 Å². The number of benzene rings is 2. The summed E-state index contributed by atoms with van der Waals surface area (Å²) in [5.41, 5.74) is 2.62. The van der Waals surface area contributed by atoms with Crippen LogP contribution in [-0.4, -0.2) is 37.4 Å². The van der Waals surface area contributed by atoms with Gasteiger partial charge in [-0.2, -0.15) is 0 Å². The fourth-order valence-corrected chi connectivity index (χ4v) is 4.64. The van der Waals surface area contributed by atoms with E-state index in [0.29, 0.717) is 13.3 Å². The molecular weight excluding hydrogens is 353 g/mol. The van der Waals surface area contributed by atoms with E-state index in [1.54, 1.807) is 12.1 Å². The Hall–Kier alpha value is -1.91. The van der Waals surface area contributed by atoms with Crippen molar-refractivity contribution < 1.29 is 13.9 Å². The highest BCUT2D eigenvalue weighted by Crippen LogP contribution is 2.40. The maximum absolute atomic E-state index is 13.4. The Labute approximate surface area is 167 Å². The predicted molar refractivity (Wildman–Crippen MR) is 109 cm³/mol. The molecule has 28 heavy (non-hydrogen) atoms. The second-order valence-electron chi connectivity index (χ2n) is 8.40. The van der Waals surface area contributed by atoms with Gasteiger partial charge in [-0.25, -0.2) is 4.39 Å². The first kappa shape index (κ1) is 19.4. The zero-order valence-electron chi connectivity index (χ0n) is 16.7. The van der Waals surface area contributed by atoms with E-state index in [1.165, 1.54) is 43.2 Å². The van der Waals surface area contributed by atoms with E-state index in [4.69, 9.17) is 9.47 Å². The van der Waals surface area contributed by atoms with E-state index < -0.39 is 0 Å². The minimum absolute atomic E-state index is 0.0927. The van der Waals surface area contributed by atoms with E-state index in [0.717, 1.165) is 18.8 Å². The lowest BCUT2D eigenvalue weighted by molar-refractivity contribution is 0.0538. The lowest BCUT2D eigenvalue weighted by Crippen LogP contribution is -2.42. The predicted octanol–water partition coefficient (Wildman–Crippen LogP) is 5.07. The first-order valence-electron chi connectivity index (χ1n) is 10.4. The number of halogens is 1. The molecule has 1 atom stereocenters. The van der Waals surface area contributed by atoms with Gasteiger partial charge < -0.3 is 9.47 Å². The molecule has 0 amide bonds.